The predicted molar refractivity (Wildman–Crippen MR) is 62.5 cm³/mol. The van der Waals surface area contributed by atoms with Gasteiger partial charge < -0.3 is 15.1 Å². The molecule has 0 spiro atoms. The van der Waals surface area contributed by atoms with E-state index in [0.29, 0.717) is 4.90 Å². The first-order valence-corrected chi connectivity index (χ1v) is 5.72. The number of phenolic OH excluding ortho intramolecular Hbond substituents is 2. The number of rotatable bonds is 4. The fourth-order valence-corrected chi connectivity index (χ4v) is 1.65. The number of carbonyl (C=O) groups excluding carboxylic acids is 1. The van der Waals surface area contributed by atoms with Gasteiger partial charge in [-0.1, -0.05) is 0 Å². The molecule has 0 bridgehead atoms. The van der Waals surface area contributed by atoms with Crippen molar-refractivity contribution in [3.63, 3.8) is 0 Å². The summed E-state index contributed by atoms with van der Waals surface area (Å²) < 4.78 is 37.0. The van der Waals surface area contributed by atoms with Gasteiger partial charge in [0.15, 0.2) is 0 Å². The van der Waals surface area contributed by atoms with E-state index in [1.54, 1.807) is 0 Å². The topological polar surface area (TPSA) is 60.8 Å². The van der Waals surface area contributed by atoms with E-state index in [1.807, 2.05) is 0 Å². The van der Waals surface area contributed by atoms with E-state index in [9.17, 15) is 23.1 Å². The molecule has 0 aliphatic heterocycles. The Balaban J connectivity index is 2.99. The van der Waals surface area contributed by atoms with E-state index >= 15 is 0 Å². The Morgan fingerprint density at radius 2 is 1.95 bits per heavy atom. The summed E-state index contributed by atoms with van der Waals surface area (Å²) in [6.45, 7) is -1.76. The van der Waals surface area contributed by atoms with E-state index in [0.717, 1.165) is 18.2 Å². The van der Waals surface area contributed by atoms with Crippen molar-refractivity contribution in [2.45, 2.75) is 6.18 Å². The van der Waals surface area contributed by atoms with Crippen LogP contribution in [0.2, 0.25) is 0 Å². The molecule has 0 saturated heterocycles. The monoisotopic (exact) mass is 297 g/mol. The number of phenols is 2. The van der Waals surface area contributed by atoms with Crippen LogP contribution in [0.5, 0.6) is 11.5 Å². The van der Waals surface area contributed by atoms with Gasteiger partial charge >= 0.3 is 6.18 Å². The summed E-state index contributed by atoms with van der Waals surface area (Å²) in [5.74, 6) is -2.06. The Kier molecular flexibility index (Phi) is 4.88. The molecular weight excluding hydrogens is 287 g/mol. The number of carbonyl (C=O) groups is 1. The summed E-state index contributed by atoms with van der Waals surface area (Å²) >= 11 is 5.36. The van der Waals surface area contributed by atoms with E-state index in [1.165, 1.54) is 0 Å². The van der Waals surface area contributed by atoms with Crippen LogP contribution in [0.25, 0.3) is 0 Å². The summed E-state index contributed by atoms with van der Waals surface area (Å²) in [6, 6.07) is 3.02. The van der Waals surface area contributed by atoms with Gasteiger partial charge in [-0.25, -0.2) is 0 Å². The number of amides is 1. The Morgan fingerprint density at radius 1 is 1.32 bits per heavy atom. The molecule has 1 aromatic rings. The molecule has 2 N–H and O–H groups in total. The Hall–Kier alpha value is -1.63. The zero-order valence-corrected chi connectivity index (χ0v) is 10.4. The van der Waals surface area contributed by atoms with Crippen LogP contribution in [0.4, 0.5) is 13.2 Å². The van der Waals surface area contributed by atoms with Gasteiger partial charge in [0.1, 0.15) is 18.0 Å². The van der Waals surface area contributed by atoms with Gasteiger partial charge in [0.25, 0.3) is 5.91 Å². The lowest BCUT2D eigenvalue weighted by atomic mass is 10.1. The smallest absolute Gasteiger partial charge is 0.406 e. The predicted octanol–water partition coefficient (Wildman–Crippen LogP) is 2.34. The van der Waals surface area contributed by atoms with Crippen LogP contribution in [-0.2, 0) is 0 Å². The maximum atomic E-state index is 12.3. The van der Waals surface area contributed by atoms with Crippen LogP contribution >= 0.6 is 11.6 Å². The van der Waals surface area contributed by atoms with Gasteiger partial charge in [-0.3, -0.25) is 4.79 Å². The molecule has 0 aliphatic rings. The van der Waals surface area contributed by atoms with Crippen LogP contribution in [0, 0.1) is 0 Å². The number of benzene rings is 1. The average molecular weight is 298 g/mol. The van der Waals surface area contributed by atoms with Crippen molar-refractivity contribution in [2.24, 2.45) is 0 Å². The van der Waals surface area contributed by atoms with E-state index in [2.05, 4.69) is 0 Å². The zero-order chi connectivity index (χ0) is 14.6. The highest BCUT2D eigenvalue weighted by Gasteiger charge is 2.33. The summed E-state index contributed by atoms with van der Waals surface area (Å²) in [7, 11) is 0. The standard InChI is InChI=1S/C11H11ClF3NO3/c12-3-4-16(6-11(13,14)15)10(19)8-2-1-7(17)5-9(8)18/h1-2,5,17-18H,3-4,6H2. The lowest BCUT2D eigenvalue weighted by Crippen LogP contribution is -2.40. The van der Waals surface area contributed by atoms with E-state index in [4.69, 9.17) is 16.7 Å². The van der Waals surface area contributed by atoms with Crippen molar-refractivity contribution in [1.29, 1.82) is 0 Å². The van der Waals surface area contributed by atoms with Gasteiger partial charge in [-0.2, -0.15) is 13.2 Å². The van der Waals surface area contributed by atoms with Gasteiger partial charge in [0.05, 0.1) is 5.56 Å². The molecule has 0 atom stereocenters. The number of nitrogens with zero attached hydrogens (tertiary/aromatic N) is 1. The highest BCUT2D eigenvalue weighted by molar-refractivity contribution is 6.18. The van der Waals surface area contributed by atoms with Crippen molar-refractivity contribution in [1.82, 2.24) is 4.90 Å². The molecule has 0 unspecified atom stereocenters. The van der Waals surface area contributed by atoms with Crippen LogP contribution in [-0.4, -0.2) is 46.2 Å². The normalized spacial score (nSPS) is 11.4. The van der Waals surface area contributed by atoms with Gasteiger partial charge in [0, 0.05) is 18.5 Å². The molecule has 1 amide bonds. The van der Waals surface area contributed by atoms with Crippen LogP contribution < -0.4 is 0 Å². The number of hydrogen-bond acceptors (Lipinski definition) is 3. The maximum absolute atomic E-state index is 12.3. The minimum Gasteiger partial charge on any atom is -0.508 e. The molecule has 4 nitrogen and oxygen atoms in total. The average Bonchev–Trinajstić information content (AvgIpc) is 2.26. The van der Waals surface area contributed by atoms with Crippen molar-refractivity contribution in [2.75, 3.05) is 19.0 Å². The molecule has 0 fully saturated rings. The highest BCUT2D eigenvalue weighted by atomic mass is 35.5. The lowest BCUT2D eigenvalue weighted by molar-refractivity contribution is -0.140. The van der Waals surface area contributed by atoms with Crippen LogP contribution in [0.1, 0.15) is 10.4 Å². The second kappa shape index (κ2) is 6.01. The lowest BCUT2D eigenvalue weighted by Gasteiger charge is -2.23. The molecule has 8 heteroatoms. The summed E-state index contributed by atoms with van der Waals surface area (Å²) in [5, 5.41) is 18.5. The third-order valence-corrected chi connectivity index (χ3v) is 2.39. The summed E-state index contributed by atoms with van der Waals surface area (Å²) in [5.41, 5.74) is -0.327. The quantitative estimate of drug-likeness (QED) is 0.839. The molecule has 1 rings (SSSR count). The third kappa shape index (κ3) is 4.51. The van der Waals surface area contributed by atoms with Gasteiger partial charge in [0.2, 0.25) is 0 Å². The Morgan fingerprint density at radius 3 is 2.42 bits per heavy atom. The first-order chi connectivity index (χ1) is 8.74. The Labute approximate surface area is 112 Å². The number of hydrogen-bond donors (Lipinski definition) is 2. The van der Waals surface area contributed by atoms with Crippen molar-refractivity contribution >= 4 is 17.5 Å². The zero-order valence-electron chi connectivity index (χ0n) is 9.62. The third-order valence-electron chi connectivity index (χ3n) is 2.22. The first-order valence-electron chi connectivity index (χ1n) is 5.18. The molecule has 19 heavy (non-hydrogen) atoms. The second-order valence-corrected chi connectivity index (χ2v) is 4.11. The van der Waals surface area contributed by atoms with Crippen molar-refractivity contribution < 1.29 is 28.2 Å². The summed E-state index contributed by atoms with van der Waals surface area (Å²) in [6.07, 6.45) is -4.56. The summed E-state index contributed by atoms with van der Waals surface area (Å²) in [4.78, 5) is 12.4. The maximum Gasteiger partial charge on any atom is 0.406 e. The van der Waals surface area contributed by atoms with E-state index < -0.39 is 24.4 Å². The minimum absolute atomic E-state index is 0.166. The highest BCUT2D eigenvalue weighted by Crippen LogP contribution is 2.25. The van der Waals surface area contributed by atoms with Gasteiger partial charge in [-0.15, -0.1) is 11.6 Å². The fourth-order valence-electron chi connectivity index (χ4n) is 1.44. The molecular formula is C11H11ClF3NO3. The minimum atomic E-state index is -4.56. The Bertz CT molecular complexity index is 465. The molecule has 0 radical (unpaired) electrons. The first kappa shape index (κ1) is 15.4. The van der Waals surface area contributed by atoms with Gasteiger partial charge in [-0.05, 0) is 12.1 Å². The molecule has 0 aliphatic carbocycles. The second-order valence-electron chi connectivity index (χ2n) is 3.73. The van der Waals surface area contributed by atoms with Crippen molar-refractivity contribution in [3.8, 4) is 11.5 Å². The van der Waals surface area contributed by atoms with Crippen LogP contribution in [0.15, 0.2) is 18.2 Å². The molecule has 0 saturated carbocycles. The number of alkyl halides is 4. The number of halogens is 4. The molecule has 106 valence electrons. The number of aromatic hydroxyl groups is 2. The van der Waals surface area contributed by atoms with Crippen molar-refractivity contribution in [3.05, 3.63) is 23.8 Å². The molecule has 1 aromatic carbocycles. The molecule has 0 aromatic heterocycles. The SMILES string of the molecule is O=C(c1ccc(O)cc1O)N(CCCl)CC(F)(F)F. The fraction of sp³-hybridized carbons (Fsp3) is 0.364. The van der Waals surface area contributed by atoms with Crippen LogP contribution in [0.3, 0.4) is 0 Å². The molecule has 0 heterocycles. The largest absolute Gasteiger partial charge is 0.508 e. The van der Waals surface area contributed by atoms with E-state index in [-0.39, 0.29) is 23.7 Å².